The number of ether oxygens (including phenoxy) is 1. The first-order valence-electron chi connectivity index (χ1n) is 7.88. The highest BCUT2D eigenvalue weighted by Gasteiger charge is 2.19. The lowest BCUT2D eigenvalue weighted by Crippen LogP contribution is -2.32. The molecule has 24 heavy (non-hydrogen) atoms. The van der Waals surface area contributed by atoms with Crippen molar-refractivity contribution >= 4 is 22.4 Å². The lowest BCUT2D eigenvalue weighted by Gasteiger charge is -2.18. The van der Waals surface area contributed by atoms with Crippen LogP contribution in [0.3, 0.4) is 0 Å². The molecular formula is C20H18FNO2. The van der Waals surface area contributed by atoms with Crippen LogP contribution in [0.15, 0.2) is 66.7 Å². The van der Waals surface area contributed by atoms with Crippen LogP contribution in [0, 0.1) is 5.82 Å². The van der Waals surface area contributed by atoms with Crippen LogP contribution < -0.4 is 10.1 Å². The second-order valence-corrected chi connectivity index (χ2v) is 5.49. The minimum absolute atomic E-state index is 0.156. The zero-order valence-electron chi connectivity index (χ0n) is 13.3. The number of hydrogen-bond acceptors (Lipinski definition) is 2. The van der Waals surface area contributed by atoms with Gasteiger partial charge in [0.25, 0.3) is 5.91 Å². The van der Waals surface area contributed by atoms with Crippen molar-refractivity contribution in [2.24, 2.45) is 0 Å². The van der Waals surface area contributed by atoms with Crippen molar-refractivity contribution in [2.45, 2.75) is 19.4 Å². The molecule has 0 saturated carbocycles. The number of para-hydroxylation sites is 1. The monoisotopic (exact) mass is 323 g/mol. The molecule has 1 amide bonds. The molecule has 3 aromatic rings. The predicted octanol–water partition coefficient (Wildman–Crippen LogP) is 4.78. The van der Waals surface area contributed by atoms with Crippen LogP contribution in [-0.2, 0) is 4.79 Å². The van der Waals surface area contributed by atoms with Gasteiger partial charge in [0.2, 0.25) is 0 Å². The molecule has 122 valence electrons. The fraction of sp³-hybridized carbons (Fsp3) is 0.150. The second kappa shape index (κ2) is 7.13. The topological polar surface area (TPSA) is 38.3 Å². The zero-order valence-corrected chi connectivity index (χ0v) is 13.3. The highest BCUT2D eigenvalue weighted by molar-refractivity contribution is 5.94. The van der Waals surface area contributed by atoms with Crippen LogP contribution in [0.25, 0.3) is 10.8 Å². The van der Waals surface area contributed by atoms with Crippen LogP contribution in [-0.4, -0.2) is 12.0 Å². The number of carbonyl (C=O) groups excluding carboxylic acids is 1. The minimum atomic E-state index is -0.689. The molecule has 0 bridgehead atoms. The Balaban J connectivity index is 1.75. The van der Waals surface area contributed by atoms with E-state index in [0.717, 1.165) is 10.8 Å². The van der Waals surface area contributed by atoms with Crippen molar-refractivity contribution in [2.75, 3.05) is 5.32 Å². The Morgan fingerprint density at radius 3 is 2.50 bits per heavy atom. The maximum absolute atomic E-state index is 13.7. The van der Waals surface area contributed by atoms with E-state index >= 15 is 0 Å². The number of fused-ring (bicyclic) bond motifs is 1. The first-order chi connectivity index (χ1) is 11.7. The summed E-state index contributed by atoms with van der Waals surface area (Å²) in [6.45, 7) is 1.85. The van der Waals surface area contributed by atoms with E-state index in [0.29, 0.717) is 12.2 Å². The molecule has 1 N–H and O–H groups in total. The SMILES string of the molecule is CCC(Oc1ccc2ccccc2c1)C(=O)Nc1ccccc1F. The van der Waals surface area contributed by atoms with E-state index in [-0.39, 0.29) is 11.6 Å². The molecule has 3 rings (SSSR count). The van der Waals surface area contributed by atoms with Gasteiger partial charge in [-0.2, -0.15) is 0 Å². The highest BCUT2D eigenvalue weighted by atomic mass is 19.1. The molecule has 0 spiro atoms. The highest BCUT2D eigenvalue weighted by Crippen LogP contribution is 2.22. The molecule has 4 heteroatoms. The van der Waals surface area contributed by atoms with Crippen LogP contribution in [0.1, 0.15) is 13.3 Å². The summed E-state index contributed by atoms with van der Waals surface area (Å²) in [6, 6.07) is 19.7. The van der Waals surface area contributed by atoms with Gasteiger partial charge in [0.1, 0.15) is 11.6 Å². The van der Waals surface area contributed by atoms with Gasteiger partial charge < -0.3 is 10.1 Å². The van der Waals surface area contributed by atoms with Crippen molar-refractivity contribution in [1.82, 2.24) is 0 Å². The first kappa shape index (κ1) is 16.0. The van der Waals surface area contributed by atoms with E-state index in [9.17, 15) is 9.18 Å². The van der Waals surface area contributed by atoms with E-state index < -0.39 is 11.9 Å². The quantitative estimate of drug-likeness (QED) is 0.734. The fourth-order valence-electron chi connectivity index (χ4n) is 2.50. The van der Waals surface area contributed by atoms with Gasteiger partial charge in [-0.05, 0) is 41.5 Å². The smallest absolute Gasteiger partial charge is 0.265 e. The third kappa shape index (κ3) is 3.54. The summed E-state index contributed by atoms with van der Waals surface area (Å²) < 4.78 is 19.5. The molecule has 0 radical (unpaired) electrons. The Hall–Kier alpha value is -2.88. The fourth-order valence-corrected chi connectivity index (χ4v) is 2.50. The lowest BCUT2D eigenvalue weighted by molar-refractivity contribution is -0.122. The predicted molar refractivity (Wildman–Crippen MR) is 93.7 cm³/mol. The average Bonchev–Trinajstić information content (AvgIpc) is 2.61. The largest absolute Gasteiger partial charge is 0.481 e. The second-order valence-electron chi connectivity index (χ2n) is 5.49. The van der Waals surface area contributed by atoms with Crippen LogP contribution in [0.2, 0.25) is 0 Å². The summed E-state index contributed by atoms with van der Waals surface area (Å²) in [6.07, 6.45) is -0.210. The Labute approximate surface area is 140 Å². The number of halogens is 1. The Kier molecular flexibility index (Phi) is 4.75. The molecule has 3 nitrogen and oxygen atoms in total. The van der Waals surface area contributed by atoms with Gasteiger partial charge in [0.15, 0.2) is 6.10 Å². The zero-order chi connectivity index (χ0) is 16.9. The van der Waals surface area contributed by atoms with Crippen molar-refractivity contribution in [3.8, 4) is 5.75 Å². The minimum Gasteiger partial charge on any atom is -0.481 e. The first-order valence-corrected chi connectivity index (χ1v) is 7.88. The third-order valence-corrected chi connectivity index (χ3v) is 3.79. The molecule has 0 saturated heterocycles. The molecule has 0 aliphatic rings. The van der Waals surface area contributed by atoms with Crippen molar-refractivity contribution in [3.63, 3.8) is 0 Å². The number of nitrogens with one attached hydrogen (secondary N) is 1. The maximum Gasteiger partial charge on any atom is 0.265 e. The van der Waals surface area contributed by atoms with Gasteiger partial charge in [0.05, 0.1) is 5.69 Å². The van der Waals surface area contributed by atoms with E-state index in [2.05, 4.69) is 5.32 Å². The third-order valence-electron chi connectivity index (χ3n) is 3.79. The molecule has 0 heterocycles. The number of rotatable bonds is 5. The molecule has 0 aliphatic heterocycles. The van der Waals surface area contributed by atoms with Gasteiger partial charge in [-0.1, -0.05) is 49.4 Å². The Bertz CT molecular complexity index is 863. The average molecular weight is 323 g/mol. The lowest BCUT2D eigenvalue weighted by atomic mass is 10.1. The summed E-state index contributed by atoms with van der Waals surface area (Å²) in [4.78, 5) is 12.4. The van der Waals surface area contributed by atoms with Gasteiger partial charge in [0, 0.05) is 0 Å². The molecule has 1 unspecified atom stereocenters. The number of amides is 1. The van der Waals surface area contributed by atoms with E-state index in [1.54, 1.807) is 12.1 Å². The molecule has 3 aromatic carbocycles. The van der Waals surface area contributed by atoms with Gasteiger partial charge in [-0.25, -0.2) is 4.39 Å². The summed E-state index contributed by atoms with van der Waals surface area (Å²) in [7, 11) is 0. The summed E-state index contributed by atoms with van der Waals surface area (Å²) in [5, 5.41) is 4.73. The Morgan fingerprint density at radius 1 is 1.04 bits per heavy atom. The number of carbonyl (C=O) groups is 1. The molecule has 1 atom stereocenters. The maximum atomic E-state index is 13.7. The standard InChI is InChI=1S/C20H18FNO2/c1-2-19(20(23)22-18-10-6-5-9-17(18)21)24-16-12-11-14-7-3-4-8-15(14)13-16/h3-13,19H,2H2,1H3,(H,22,23). The summed E-state index contributed by atoms with van der Waals surface area (Å²) in [5.74, 6) is -0.216. The van der Waals surface area contributed by atoms with Crippen LogP contribution in [0.5, 0.6) is 5.75 Å². The van der Waals surface area contributed by atoms with Crippen LogP contribution >= 0.6 is 0 Å². The van der Waals surface area contributed by atoms with Crippen molar-refractivity contribution < 1.29 is 13.9 Å². The van der Waals surface area contributed by atoms with E-state index in [1.165, 1.54) is 12.1 Å². The Morgan fingerprint density at radius 2 is 1.75 bits per heavy atom. The van der Waals surface area contributed by atoms with E-state index in [1.807, 2.05) is 49.4 Å². The molecule has 0 aliphatic carbocycles. The normalized spacial score (nSPS) is 11.9. The number of hydrogen-bond donors (Lipinski definition) is 1. The van der Waals surface area contributed by atoms with Crippen molar-refractivity contribution in [3.05, 3.63) is 72.5 Å². The van der Waals surface area contributed by atoms with Gasteiger partial charge in [-0.3, -0.25) is 4.79 Å². The molecular weight excluding hydrogens is 305 g/mol. The number of benzene rings is 3. The molecule has 0 fully saturated rings. The van der Waals surface area contributed by atoms with Gasteiger partial charge in [-0.15, -0.1) is 0 Å². The van der Waals surface area contributed by atoms with Crippen molar-refractivity contribution in [1.29, 1.82) is 0 Å². The van der Waals surface area contributed by atoms with Gasteiger partial charge >= 0.3 is 0 Å². The number of anilines is 1. The summed E-state index contributed by atoms with van der Waals surface area (Å²) in [5.41, 5.74) is 0.156. The molecule has 0 aromatic heterocycles. The van der Waals surface area contributed by atoms with E-state index in [4.69, 9.17) is 4.74 Å². The summed E-state index contributed by atoms with van der Waals surface area (Å²) >= 11 is 0. The van der Waals surface area contributed by atoms with Crippen LogP contribution in [0.4, 0.5) is 10.1 Å².